The Labute approximate surface area is 232 Å². The van der Waals surface area contributed by atoms with E-state index in [9.17, 15) is 18.0 Å². The molecular formula is C27H33ClN4O6S. The van der Waals surface area contributed by atoms with Crippen molar-refractivity contribution in [1.29, 1.82) is 0 Å². The number of benzene rings is 2. The minimum absolute atomic E-state index is 0.0334. The summed E-state index contributed by atoms with van der Waals surface area (Å²) < 4.78 is 31.3. The molecule has 4 rings (SSSR count). The van der Waals surface area contributed by atoms with Crippen LogP contribution in [0, 0.1) is 0 Å². The zero-order valence-corrected chi connectivity index (χ0v) is 23.1. The molecule has 1 aliphatic rings. The van der Waals surface area contributed by atoms with E-state index in [0.717, 1.165) is 24.2 Å². The standard InChI is InChI=1S/C27H33ClN4O6S/c28-21-5-2-19(3-6-21)16-22(39(36,37)15-1-12-33)8-9-29-27(35)25-26(34)23-17-20(4-7-24(23)30-31-25)18-32-10-13-38-14-11-32/h2-7,17,22,33H,1,8-16,18H2,(H,29,35)(H,30,34). The lowest BCUT2D eigenvalue weighted by atomic mass is 10.1. The van der Waals surface area contributed by atoms with Crippen LogP contribution in [0.4, 0.5) is 0 Å². The Bertz CT molecular complexity index is 1440. The lowest BCUT2D eigenvalue weighted by Gasteiger charge is -2.26. The first-order valence-electron chi connectivity index (χ1n) is 12.9. The Morgan fingerprint density at radius 2 is 1.87 bits per heavy atom. The van der Waals surface area contributed by atoms with Crippen LogP contribution in [0.3, 0.4) is 0 Å². The van der Waals surface area contributed by atoms with Gasteiger partial charge in [-0.15, -0.1) is 0 Å². The smallest absolute Gasteiger partial charge is 0.275 e. The highest BCUT2D eigenvalue weighted by Gasteiger charge is 2.26. The molecule has 3 aromatic rings. The van der Waals surface area contributed by atoms with E-state index < -0.39 is 26.4 Å². The molecule has 0 saturated carbocycles. The van der Waals surface area contributed by atoms with Crippen LogP contribution >= 0.6 is 11.6 Å². The first-order valence-corrected chi connectivity index (χ1v) is 15.0. The van der Waals surface area contributed by atoms with Crippen molar-refractivity contribution in [3.8, 4) is 0 Å². The lowest BCUT2D eigenvalue weighted by molar-refractivity contribution is 0.0342. The predicted molar refractivity (Wildman–Crippen MR) is 150 cm³/mol. The Hall–Kier alpha value is -2.83. The summed E-state index contributed by atoms with van der Waals surface area (Å²) in [5.41, 5.74) is 1.51. The summed E-state index contributed by atoms with van der Waals surface area (Å²) in [6, 6.07) is 12.4. The molecule has 39 heavy (non-hydrogen) atoms. The molecule has 210 valence electrons. The van der Waals surface area contributed by atoms with Gasteiger partial charge in [-0.3, -0.25) is 19.6 Å². The minimum atomic E-state index is -3.55. The van der Waals surface area contributed by atoms with Gasteiger partial charge in [0.1, 0.15) is 0 Å². The number of amides is 1. The molecule has 1 amide bonds. The zero-order chi connectivity index (χ0) is 27.8. The van der Waals surface area contributed by atoms with E-state index in [1.54, 1.807) is 36.4 Å². The largest absolute Gasteiger partial charge is 0.396 e. The molecule has 12 heteroatoms. The number of halogens is 1. The van der Waals surface area contributed by atoms with Crippen molar-refractivity contribution in [2.75, 3.05) is 45.2 Å². The van der Waals surface area contributed by atoms with E-state index in [-0.39, 0.29) is 43.9 Å². The van der Waals surface area contributed by atoms with Gasteiger partial charge in [0, 0.05) is 43.2 Å². The second kappa shape index (κ2) is 13.5. The number of ether oxygens (including phenoxy) is 1. The maximum Gasteiger partial charge on any atom is 0.275 e. The second-order valence-electron chi connectivity index (χ2n) is 9.61. The first-order chi connectivity index (χ1) is 18.8. The number of fused-ring (bicyclic) bond motifs is 1. The summed E-state index contributed by atoms with van der Waals surface area (Å²) in [5.74, 6) is -0.830. The molecule has 1 atom stereocenters. The number of H-pyrrole nitrogens is 1. The summed E-state index contributed by atoms with van der Waals surface area (Å²) >= 11 is 5.95. The molecular weight excluding hydrogens is 544 g/mol. The van der Waals surface area contributed by atoms with Crippen LogP contribution in [0.15, 0.2) is 47.3 Å². The number of rotatable bonds is 12. The van der Waals surface area contributed by atoms with Crippen LogP contribution in [0.5, 0.6) is 0 Å². The number of carbonyl (C=O) groups excluding carboxylic acids is 1. The molecule has 0 spiro atoms. The van der Waals surface area contributed by atoms with Crippen molar-refractivity contribution in [2.24, 2.45) is 0 Å². The highest BCUT2D eigenvalue weighted by molar-refractivity contribution is 7.92. The van der Waals surface area contributed by atoms with E-state index in [0.29, 0.717) is 35.7 Å². The maximum absolute atomic E-state index is 13.2. The average molecular weight is 577 g/mol. The third-order valence-corrected chi connectivity index (χ3v) is 9.31. The molecule has 3 N–H and O–H groups in total. The van der Waals surface area contributed by atoms with E-state index in [1.165, 1.54) is 0 Å². The molecule has 0 bridgehead atoms. The van der Waals surface area contributed by atoms with Gasteiger partial charge in [-0.25, -0.2) is 8.42 Å². The third kappa shape index (κ3) is 7.86. The van der Waals surface area contributed by atoms with Crippen molar-refractivity contribution >= 4 is 38.2 Å². The van der Waals surface area contributed by atoms with Gasteiger partial charge in [-0.1, -0.05) is 29.8 Å². The quantitative estimate of drug-likeness (QED) is 0.297. The number of hydrogen-bond acceptors (Lipinski definition) is 8. The molecule has 1 saturated heterocycles. The number of sulfone groups is 1. The van der Waals surface area contributed by atoms with Crippen molar-refractivity contribution in [2.45, 2.75) is 31.1 Å². The first kappa shape index (κ1) is 29.2. The lowest BCUT2D eigenvalue weighted by Crippen LogP contribution is -2.36. The van der Waals surface area contributed by atoms with Gasteiger partial charge in [-0.2, -0.15) is 5.10 Å². The number of aliphatic hydroxyl groups excluding tert-OH is 1. The number of morpholine rings is 1. The number of aromatic amines is 1. The van der Waals surface area contributed by atoms with E-state index in [4.69, 9.17) is 21.4 Å². The molecule has 0 radical (unpaired) electrons. The van der Waals surface area contributed by atoms with E-state index in [2.05, 4.69) is 20.4 Å². The summed E-state index contributed by atoms with van der Waals surface area (Å²) in [5, 5.41) is 18.7. The van der Waals surface area contributed by atoms with Gasteiger partial charge in [0.25, 0.3) is 5.91 Å². The van der Waals surface area contributed by atoms with Gasteiger partial charge in [0.15, 0.2) is 15.5 Å². The van der Waals surface area contributed by atoms with Gasteiger partial charge < -0.3 is 15.2 Å². The van der Waals surface area contributed by atoms with Crippen LogP contribution in [0.1, 0.15) is 34.5 Å². The highest BCUT2D eigenvalue weighted by Crippen LogP contribution is 2.18. The molecule has 0 aliphatic carbocycles. The monoisotopic (exact) mass is 576 g/mol. The number of aromatic nitrogens is 2. The van der Waals surface area contributed by atoms with Crippen molar-refractivity contribution in [3.05, 3.63) is 74.5 Å². The molecule has 1 aromatic heterocycles. The topological polar surface area (TPSA) is 142 Å². The fourth-order valence-electron chi connectivity index (χ4n) is 4.60. The van der Waals surface area contributed by atoms with Gasteiger partial charge in [0.05, 0.1) is 29.7 Å². The Morgan fingerprint density at radius 3 is 2.59 bits per heavy atom. The van der Waals surface area contributed by atoms with Crippen molar-refractivity contribution in [1.82, 2.24) is 20.4 Å². The van der Waals surface area contributed by atoms with Gasteiger partial charge in [-0.05, 0) is 54.7 Å². The normalized spacial score (nSPS) is 15.3. The number of hydrogen-bond donors (Lipinski definition) is 3. The highest BCUT2D eigenvalue weighted by atomic mass is 35.5. The summed E-state index contributed by atoms with van der Waals surface area (Å²) in [4.78, 5) is 28.3. The van der Waals surface area contributed by atoms with Gasteiger partial charge in [0.2, 0.25) is 5.43 Å². The maximum atomic E-state index is 13.2. The molecule has 2 aromatic carbocycles. The number of nitrogens with one attached hydrogen (secondary N) is 2. The van der Waals surface area contributed by atoms with Crippen LogP contribution in [-0.4, -0.2) is 85.0 Å². The average Bonchev–Trinajstić information content (AvgIpc) is 2.93. The van der Waals surface area contributed by atoms with Crippen molar-refractivity contribution in [3.63, 3.8) is 0 Å². The number of nitrogens with zero attached hydrogens (tertiary/aromatic N) is 2. The fraction of sp³-hybridized carbons (Fsp3) is 0.444. The second-order valence-corrected chi connectivity index (χ2v) is 12.4. The minimum Gasteiger partial charge on any atom is -0.396 e. The Morgan fingerprint density at radius 1 is 1.15 bits per heavy atom. The molecule has 1 fully saturated rings. The van der Waals surface area contributed by atoms with E-state index >= 15 is 0 Å². The number of aliphatic hydroxyl groups is 1. The van der Waals surface area contributed by atoms with Crippen LogP contribution in [0.25, 0.3) is 10.9 Å². The predicted octanol–water partition coefficient (Wildman–Crippen LogP) is 1.94. The molecule has 1 aliphatic heterocycles. The molecule has 2 heterocycles. The van der Waals surface area contributed by atoms with Crippen LogP contribution in [-0.2, 0) is 27.5 Å². The molecule has 1 unspecified atom stereocenters. The fourth-order valence-corrected chi connectivity index (χ4v) is 6.51. The van der Waals surface area contributed by atoms with E-state index in [1.807, 2.05) is 6.07 Å². The van der Waals surface area contributed by atoms with Crippen LogP contribution in [0.2, 0.25) is 5.02 Å². The Balaban J connectivity index is 1.45. The SMILES string of the molecule is O=C(NCCC(Cc1ccc(Cl)cc1)S(=O)(=O)CCCO)c1n[nH]c2ccc(CN3CCOCC3)cc2c1=O. The van der Waals surface area contributed by atoms with Crippen molar-refractivity contribution < 1.29 is 23.1 Å². The summed E-state index contributed by atoms with van der Waals surface area (Å²) in [7, 11) is -3.55. The third-order valence-electron chi connectivity index (χ3n) is 6.78. The summed E-state index contributed by atoms with van der Waals surface area (Å²) in [6.07, 6.45) is 0.508. The summed E-state index contributed by atoms with van der Waals surface area (Å²) in [6.45, 7) is 3.44. The molecule has 10 nitrogen and oxygen atoms in total. The van der Waals surface area contributed by atoms with Crippen LogP contribution < -0.4 is 10.7 Å². The Kier molecular flexibility index (Phi) is 10.1. The number of carbonyl (C=O) groups is 1. The van der Waals surface area contributed by atoms with Gasteiger partial charge >= 0.3 is 0 Å². The zero-order valence-electron chi connectivity index (χ0n) is 21.6.